The molecule has 2 heterocycles. The molecular weight excluding hydrogens is 311 g/mol. The van der Waals surface area contributed by atoms with Gasteiger partial charge in [0.2, 0.25) is 5.91 Å². The molecule has 9 heteroatoms. The molecule has 0 bridgehead atoms. The van der Waals surface area contributed by atoms with Crippen molar-refractivity contribution in [1.82, 2.24) is 4.98 Å². The van der Waals surface area contributed by atoms with Crippen LogP contribution in [0.4, 0.5) is 19.0 Å². The molecule has 1 aromatic heterocycles. The van der Waals surface area contributed by atoms with Gasteiger partial charge in [-0.05, 0) is 12.5 Å². The number of anilines is 1. The highest BCUT2D eigenvalue weighted by molar-refractivity contribution is 6.33. The number of pyridine rings is 1. The first-order valence-corrected chi connectivity index (χ1v) is 6.33. The summed E-state index contributed by atoms with van der Waals surface area (Å²) in [7, 11) is 1.35. The summed E-state index contributed by atoms with van der Waals surface area (Å²) >= 11 is 5.82. The quantitative estimate of drug-likeness (QED) is 0.635. The number of alkyl halides is 3. The average molecular weight is 322 g/mol. The molecule has 1 atom stereocenters. The fraction of sp³-hybridized carbons (Fsp3) is 0.417. The summed E-state index contributed by atoms with van der Waals surface area (Å²) < 4.78 is 37.6. The van der Waals surface area contributed by atoms with Gasteiger partial charge in [0.15, 0.2) is 5.82 Å². The lowest BCUT2D eigenvalue weighted by molar-refractivity contribution is -0.137. The molecule has 0 N–H and O–H groups in total. The predicted octanol–water partition coefficient (Wildman–Crippen LogP) is 2.74. The Kier molecular flexibility index (Phi) is 4.36. The zero-order valence-corrected chi connectivity index (χ0v) is 11.6. The van der Waals surface area contributed by atoms with Crippen molar-refractivity contribution in [2.75, 3.05) is 18.6 Å². The molecule has 2 rings (SSSR count). The van der Waals surface area contributed by atoms with Crippen LogP contribution in [-0.4, -0.2) is 30.8 Å². The highest BCUT2D eigenvalue weighted by Crippen LogP contribution is 2.35. The van der Waals surface area contributed by atoms with Crippen molar-refractivity contribution in [2.45, 2.75) is 12.6 Å². The van der Waals surface area contributed by atoms with Crippen LogP contribution in [0.1, 0.15) is 12.0 Å². The lowest BCUT2D eigenvalue weighted by Gasteiger charge is -2.17. The molecule has 1 fully saturated rings. The number of oxime groups is 1. The summed E-state index contributed by atoms with van der Waals surface area (Å²) in [5.74, 6) is -0.807. The van der Waals surface area contributed by atoms with E-state index in [1.807, 2.05) is 0 Å². The maximum Gasteiger partial charge on any atom is 0.417 e. The van der Waals surface area contributed by atoms with Gasteiger partial charge in [0, 0.05) is 12.7 Å². The van der Waals surface area contributed by atoms with Gasteiger partial charge in [-0.15, -0.1) is 0 Å². The molecule has 0 saturated carbocycles. The maximum absolute atomic E-state index is 12.5. The third kappa shape index (κ3) is 3.26. The van der Waals surface area contributed by atoms with Crippen LogP contribution in [0, 0.1) is 5.92 Å². The zero-order valence-electron chi connectivity index (χ0n) is 10.9. The summed E-state index contributed by atoms with van der Waals surface area (Å²) in [6.45, 7) is 0.303. The molecule has 1 aliphatic heterocycles. The largest absolute Gasteiger partial charge is 0.417 e. The van der Waals surface area contributed by atoms with E-state index in [2.05, 4.69) is 15.0 Å². The second kappa shape index (κ2) is 5.88. The molecule has 0 aliphatic carbocycles. The maximum atomic E-state index is 12.5. The van der Waals surface area contributed by atoms with Crippen LogP contribution in [-0.2, 0) is 15.8 Å². The minimum atomic E-state index is -4.53. The number of aromatic nitrogens is 1. The third-order valence-electron chi connectivity index (χ3n) is 3.00. The molecule has 0 spiro atoms. The molecule has 1 aliphatic rings. The number of carbonyl (C=O) groups is 1. The van der Waals surface area contributed by atoms with Gasteiger partial charge in [-0.1, -0.05) is 16.8 Å². The van der Waals surface area contributed by atoms with E-state index in [4.69, 9.17) is 11.6 Å². The molecule has 0 aromatic carbocycles. The minimum Gasteiger partial charge on any atom is -0.399 e. The van der Waals surface area contributed by atoms with Gasteiger partial charge in [-0.3, -0.25) is 9.69 Å². The highest BCUT2D eigenvalue weighted by Gasteiger charge is 2.36. The van der Waals surface area contributed by atoms with E-state index in [0.717, 1.165) is 6.07 Å². The van der Waals surface area contributed by atoms with Gasteiger partial charge in [0.25, 0.3) is 0 Å². The Labute approximate surface area is 123 Å². The normalized spacial score (nSPS) is 19.6. The summed E-state index contributed by atoms with van der Waals surface area (Å²) in [5.41, 5.74) is -0.958. The predicted molar refractivity (Wildman–Crippen MR) is 70.2 cm³/mol. The summed E-state index contributed by atoms with van der Waals surface area (Å²) in [6.07, 6.45) is -2.06. The molecule has 1 amide bonds. The molecular formula is C12H11ClF3N3O2. The van der Waals surface area contributed by atoms with E-state index < -0.39 is 17.7 Å². The summed E-state index contributed by atoms with van der Waals surface area (Å²) in [4.78, 5) is 21.5. The van der Waals surface area contributed by atoms with Crippen LogP contribution >= 0.6 is 11.6 Å². The van der Waals surface area contributed by atoms with E-state index in [1.165, 1.54) is 18.2 Å². The Morgan fingerprint density at radius 3 is 2.86 bits per heavy atom. The fourth-order valence-electron chi connectivity index (χ4n) is 1.97. The van der Waals surface area contributed by atoms with Crippen molar-refractivity contribution in [1.29, 1.82) is 0 Å². The van der Waals surface area contributed by atoms with Gasteiger partial charge >= 0.3 is 6.18 Å². The number of nitrogens with zero attached hydrogens (tertiary/aromatic N) is 3. The second-order valence-electron chi connectivity index (χ2n) is 4.35. The van der Waals surface area contributed by atoms with Gasteiger partial charge in [0.1, 0.15) is 7.11 Å². The molecule has 114 valence electrons. The van der Waals surface area contributed by atoms with Crippen LogP contribution in [0.2, 0.25) is 5.02 Å². The Hall–Kier alpha value is -1.83. The topological polar surface area (TPSA) is 54.8 Å². The lowest BCUT2D eigenvalue weighted by Crippen LogP contribution is -2.28. The van der Waals surface area contributed by atoms with Crippen LogP contribution in [0.25, 0.3) is 0 Å². The molecule has 21 heavy (non-hydrogen) atoms. The Morgan fingerprint density at radius 1 is 1.57 bits per heavy atom. The van der Waals surface area contributed by atoms with Crippen LogP contribution in [0.5, 0.6) is 0 Å². The van der Waals surface area contributed by atoms with Crippen LogP contribution < -0.4 is 4.90 Å². The SMILES string of the molecule is CO/N=C\[C@@H]1CCN(c2ncc(C(F)(F)F)cc2Cl)C1=O. The monoisotopic (exact) mass is 321 g/mol. The van der Waals surface area contributed by atoms with Gasteiger partial charge < -0.3 is 4.84 Å². The summed E-state index contributed by atoms with van der Waals surface area (Å²) in [5, 5.41) is 3.31. The van der Waals surface area contributed by atoms with Crippen molar-refractivity contribution in [3.8, 4) is 0 Å². The van der Waals surface area contributed by atoms with Crippen molar-refractivity contribution in [2.24, 2.45) is 11.1 Å². The third-order valence-corrected chi connectivity index (χ3v) is 3.28. The highest BCUT2D eigenvalue weighted by atomic mass is 35.5. The van der Waals surface area contributed by atoms with Crippen molar-refractivity contribution >= 4 is 29.5 Å². The van der Waals surface area contributed by atoms with E-state index in [0.29, 0.717) is 19.2 Å². The average Bonchev–Trinajstić information content (AvgIpc) is 2.76. The first-order valence-electron chi connectivity index (χ1n) is 5.95. The standard InChI is InChI=1S/C12H11ClF3N3O2/c1-21-18-5-7-2-3-19(11(7)20)10-9(13)4-8(6-17-10)12(14,15)16/h4-7H,2-3H2,1H3/b18-5-/t7-/m0/s1. The van der Waals surface area contributed by atoms with E-state index in [9.17, 15) is 18.0 Å². The second-order valence-corrected chi connectivity index (χ2v) is 4.76. The van der Waals surface area contributed by atoms with Crippen molar-refractivity contribution in [3.63, 3.8) is 0 Å². The number of halogens is 4. The number of carbonyl (C=O) groups excluding carboxylic acids is 1. The molecule has 5 nitrogen and oxygen atoms in total. The summed E-state index contributed by atoms with van der Waals surface area (Å²) in [6, 6.07) is 0.758. The number of hydrogen-bond acceptors (Lipinski definition) is 4. The molecule has 1 aromatic rings. The number of hydrogen-bond donors (Lipinski definition) is 0. The fourth-order valence-corrected chi connectivity index (χ4v) is 2.24. The lowest BCUT2D eigenvalue weighted by atomic mass is 10.1. The number of rotatable bonds is 3. The number of amides is 1. The minimum absolute atomic E-state index is 0.0167. The Bertz CT molecular complexity index is 577. The van der Waals surface area contributed by atoms with E-state index in [1.54, 1.807) is 0 Å². The molecule has 0 unspecified atom stereocenters. The van der Waals surface area contributed by atoms with Gasteiger partial charge in [0.05, 0.1) is 22.7 Å². The van der Waals surface area contributed by atoms with Gasteiger partial charge in [-0.25, -0.2) is 4.98 Å². The van der Waals surface area contributed by atoms with Crippen molar-refractivity contribution in [3.05, 3.63) is 22.8 Å². The van der Waals surface area contributed by atoms with Crippen LogP contribution in [0.15, 0.2) is 17.4 Å². The van der Waals surface area contributed by atoms with Gasteiger partial charge in [-0.2, -0.15) is 13.2 Å². The first kappa shape index (κ1) is 15.6. The molecule has 1 saturated heterocycles. The Morgan fingerprint density at radius 2 is 2.29 bits per heavy atom. The van der Waals surface area contributed by atoms with E-state index in [-0.39, 0.29) is 16.7 Å². The smallest absolute Gasteiger partial charge is 0.399 e. The first-order chi connectivity index (χ1) is 9.84. The Balaban J connectivity index is 2.24. The zero-order chi connectivity index (χ0) is 15.6. The van der Waals surface area contributed by atoms with Crippen LogP contribution in [0.3, 0.4) is 0 Å². The molecule has 0 radical (unpaired) electrons. The van der Waals surface area contributed by atoms with Crippen molar-refractivity contribution < 1.29 is 22.8 Å². The van der Waals surface area contributed by atoms with E-state index >= 15 is 0 Å².